The van der Waals surface area contributed by atoms with Crippen LogP contribution in [0, 0.1) is 11.7 Å². The lowest BCUT2D eigenvalue weighted by molar-refractivity contribution is -0.123. The molecule has 0 bridgehead atoms. The van der Waals surface area contributed by atoms with Crippen molar-refractivity contribution in [2.24, 2.45) is 5.92 Å². The van der Waals surface area contributed by atoms with Gasteiger partial charge in [0.1, 0.15) is 5.82 Å². The Morgan fingerprint density at radius 3 is 2.86 bits per heavy atom. The SMILES string of the molecule is O=C1NCC2C1CCCN2S(=O)(=O)c1ccc(F)cc1Br. The van der Waals surface area contributed by atoms with E-state index in [0.29, 0.717) is 25.9 Å². The topological polar surface area (TPSA) is 66.5 Å². The fourth-order valence-electron chi connectivity index (χ4n) is 3.02. The number of amides is 1. The van der Waals surface area contributed by atoms with Crippen LogP contribution in [0.5, 0.6) is 0 Å². The molecule has 0 spiro atoms. The second kappa shape index (κ2) is 5.33. The van der Waals surface area contributed by atoms with Crippen molar-refractivity contribution in [3.63, 3.8) is 0 Å². The van der Waals surface area contributed by atoms with E-state index in [4.69, 9.17) is 0 Å². The van der Waals surface area contributed by atoms with E-state index >= 15 is 0 Å². The first-order valence-electron chi connectivity index (χ1n) is 6.66. The Morgan fingerprint density at radius 2 is 2.14 bits per heavy atom. The maximum absolute atomic E-state index is 13.2. The number of hydrogen-bond donors (Lipinski definition) is 1. The highest BCUT2D eigenvalue weighted by Gasteiger charge is 2.45. The molecule has 2 unspecified atom stereocenters. The second-order valence-electron chi connectivity index (χ2n) is 5.25. The fourth-order valence-corrected chi connectivity index (χ4v) is 5.73. The summed E-state index contributed by atoms with van der Waals surface area (Å²) in [6.45, 7) is 0.712. The molecule has 0 saturated carbocycles. The quantitative estimate of drug-likeness (QED) is 0.849. The number of sulfonamides is 1. The highest BCUT2D eigenvalue weighted by molar-refractivity contribution is 9.10. The van der Waals surface area contributed by atoms with Crippen LogP contribution in [0.15, 0.2) is 27.6 Å². The lowest BCUT2D eigenvalue weighted by Crippen LogP contribution is -2.48. The average Bonchev–Trinajstić information content (AvgIpc) is 2.80. The average molecular weight is 377 g/mol. The first-order chi connectivity index (χ1) is 9.91. The maximum Gasteiger partial charge on any atom is 0.244 e. The third-order valence-corrected chi connectivity index (χ3v) is 6.93. The van der Waals surface area contributed by atoms with E-state index in [-0.39, 0.29) is 27.2 Å². The van der Waals surface area contributed by atoms with Crippen molar-refractivity contribution >= 4 is 31.9 Å². The van der Waals surface area contributed by atoms with Crippen LogP contribution in [0.1, 0.15) is 12.8 Å². The molecule has 2 aliphatic rings. The van der Waals surface area contributed by atoms with Gasteiger partial charge < -0.3 is 5.32 Å². The van der Waals surface area contributed by atoms with Crippen molar-refractivity contribution in [1.29, 1.82) is 0 Å². The number of benzene rings is 1. The van der Waals surface area contributed by atoms with E-state index in [2.05, 4.69) is 21.2 Å². The first kappa shape index (κ1) is 14.9. The zero-order valence-electron chi connectivity index (χ0n) is 11.1. The van der Waals surface area contributed by atoms with Crippen LogP contribution in [0.4, 0.5) is 4.39 Å². The lowest BCUT2D eigenvalue weighted by atomic mass is 9.93. The van der Waals surface area contributed by atoms with Gasteiger partial charge in [-0.1, -0.05) is 0 Å². The number of halogens is 2. The molecule has 114 valence electrons. The van der Waals surface area contributed by atoms with Gasteiger partial charge in [0.05, 0.1) is 16.9 Å². The molecular formula is C13H14BrFN2O3S. The summed E-state index contributed by atoms with van der Waals surface area (Å²) in [5, 5.41) is 2.72. The van der Waals surface area contributed by atoms with Crippen LogP contribution in [0.3, 0.4) is 0 Å². The Bertz CT molecular complexity index is 695. The minimum absolute atomic E-state index is 0.0314. The smallest absolute Gasteiger partial charge is 0.244 e. The number of carbonyl (C=O) groups excluding carboxylic acids is 1. The fraction of sp³-hybridized carbons (Fsp3) is 0.462. The molecule has 8 heteroatoms. The number of fused-ring (bicyclic) bond motifs is 1. The number of rotatable bonds is 2. The van der Waals surface area contributed by atoms with E-state index < -0.39 is 15.8 Å². The molecule has 1 N–H and O–H groups in total. The van der Waals surface area contributed by atoms with Crippen molar-refractivity contribution in [2.75, 3.05) is 13.1 Å². The van der Waals surface area contributed by atoms with Crippen molar-refractivity contribution in [1.82, 2.24) is 9.62 Å². The number of carbonyl (C=O) groups is 1. The molecule has 2 saturated heterocycles. The molecule has 0 aliphatic carbocycles. The van der Waals surface area contributed by atoms with Crippen LogP contribution in [-0.4, -0.2) is 37.8 Å². The second-order valence-corrected chi connectivity index (χ2v) is 7.97. The largest absolute Gasteiger partial charge is 0.354 e. The van der Waals surface area contributed by atoms with E-state index in [1.807, 2.05) is 0 Å². The molecule has 0 radical (unpaired) electrons. The molecule has 0 aromatic heterocycles. The minimum atomic E-state index is -3.76. The van der Waals surface area contributed by atoms with Gasteiger partial charge in [-0.05, 0) is 47.0 Å². The van der Waals surface area contributed by atoms with Crippen molar-refractivity contribution in [3.05, 3.63) is 28.5 Å². The number of piperidine rings is 1. The summed E-state index contributed by atoms with van der Waals surface area (Å²) < 4.78 is 40.3. The molecule has 1 aromatic carbocycles. The Kier molecular flexibility index (Phi) is 3.79. The Labute approximate surface area is 130 Å². The third kappa shape index (κ3) is 2.49. The monoisotopic (exact) mass is 376 g/mol. The van der Waals surface area contributed by atoms with Crippen molar-refractivity contribution in [2.45, 2.75) is 23.8 Å². The molecule has 21 heavy (non-hydrogen) atoms. The van der Waals surface area contributed by atoms with E-state index in [9.17, 15) is 17.6 Å². The first-order valence-corrected chi connectivity index (χ1v) is 8.89. The van der Waals surface area contributed by atoms with Crippen molar-refractivity contribution < 1.29 is 17.6 Å². The zero-order chi connectivity index (χ0) is 15.2. The molecule has 2 atom stereocenters. The summed E-state index contributed by atoms with van der Waals surface area (Å²) in [4.78, 5) is 11.8. The molecule has 1 aromatic rings. The maximum atomic E-state index is 13.2. The highest BCUT2D eigenvalue weighted by Crippen LogP contribution is 2.34. The lowest BCUT2D eigenvalue weighted by Gasteiger charge is -2.34. The van der Waals surface area contributed by atoms with Gasteiger partial charge in [-0.3, -0.25) is 4.79 Å². The number of nitrogens with one attached hydrogen (secondary N) is 1. The Morgan fingerprint density at radius 1 is 1.38 bits per heavy atom. The van der Waals surface area contributed by atoms with Gasteiger partial charge in [0, 0.05) is 17.6 Å². The van der Waals surface area contributed by atoms with E-state index in [1.54, 1.807) is 0 Å². The van der Waals surface area contributed by atoms with E-state index in [1.165, 1.54) is 10.4 Å². The van der Waals surface area contributed by atoms with Gasteiger partial charge in [0.15, 0.2) is 0 Å². The van der Waals surface area contributed by atoms with Crippen LogP contribution in [0.2, 0.25) is 0 Å². The molecular weight excluding hydrogens is 363 g/mol. The summed E-state index contributed by atoms with van der Waals surface area (Å²) in [5.41, 5.74) is 0. The molecule has 3 rings (SSSR count). The summed E-state index contributed by atoms with van der Waals surface area (Å²) in [5.74, 6) is -0.874. The summed E-state index contributed by atoms with van der Waals surface area (Å²) in [6, 6.07) is 3.15. The van der Waals surface area contributed by atoms with E-state index in [0.717, 1.165) is 12.1 Å². The number of nitrogens with zero attached hydrogens (tertiary/aromatic N) is 1. The molecule has 2 heterocycles. The van der Waals surface area contributed by atoms with Crippen LogP contribution in [0.25, 0.3) is 0 Å². The molecule has 2 fully saturated rings. The Hall–Kier alpha value is -0.990. The summed E-state index contributed by atoms with van der Waals surface area (Å²) in [6.07, 6.45) is 1.35. The normalized spacial score (nSPS) is 26.5. The molecule has 1 amide bonds. The van der Waals surface area contributed by atoms with Crippen LogP contribution < -0.4 is 5.32 Å². The predicted octanol–water partition coefficient (Wildman–Crippen LogP) is 1.49. The van der Waals surface area contributed by atoms with Gasteiger partial charge >= 0.3 is 0 Å². The third-order valence-electron chi connectivity index (χ3n) is 4.03. The Balaban J connectivity index is 1.99. The number of hydrogen-bond acceptors (Lipinski definition) is 3. The van der Waals surface area contributed by atoms with Gasteiger partial charge in [-0.2, -0.15) is 4.31 Å². The van der Waals surface area contributed by atoms with Crippen molar-refractivity contribution in [3.8, 4) is 0 Å². The van der Waals surface area contributed by atoms with Gasteiger partial charge in [0.2, 0.25) is 15.9 Å². The summed E-state index contributed by atoms with van der Waals surface area (Å²) in [7, 11) is -3.76. The van der Waals surface area contributed by atoms with Gasteiger partial charge in [-0.15, -0.1) is 0 Å². The minimum Gasteiger partial charge on any atom is -0.354 e. The standard InChI is InChI=1S/C13H14BrFN2O3S/c14-10-6-8(15)3-4-12(10)21(19,20)17-5-1-2-9-11(17)7-16-13(9)18/h3-4,6,9,11H,1-2,5,7H2,(H,16,18). The molecule has 5 nitrogen and oxygen atoms in total. The van der Waals surface area contributed by atoms with Gasteiger partial charge in [0.25, 0.3) is 0 Å². The molecule has 2 aliphatic heterocycles. The van der Waals surface area contributed by atoms with Crippen LogP contribution in [-0.2, 0) is 14.8 Å². The van der Waals surface area contributed by atoms with Gasteiger partial charge in [-0.25, -0.2) is 12.8 Å². The zero-order valence-corrected chi connectivity index (χ0v) is 13.5. The summed E-state index contributed by atoms with van der Waals surface area (Å²) >= 11 is 3.11. The van der Waals surface area contributed by atoms with Crippen LogP contribution >= 0.6 is 15.9 Å². The predicted molar refractivity (Wildman–Crippen MR) is 77.5 cm³/mol. The highest BCUT2D eigenvalue weighted by atomic mass is 79.9.